The van der Waals surface area contributed by atoms with Gasteiger partial charge >= 0.3 is 0 Å². The van der Waals surface area contributed by atoms with E-state index in [0.29, 0.717) is 5.88 Å². The van der Waals surface area contributed by atoms with Crippen molar-refractivity contribution in [3.63, 3.8) is 0 Å². The zero-order valence-electron chi connectivity index (χ0n) is 9.01. The lowest BCUT2D eigenvalue weighted by molar-refractivity contribution is 0.773. The predicted octanol–water partition coefficient (Wildman–Crippen LogP) is 3.28. The molecule has 3 aromatic rings. The number of pyridine rings is 1. The Morgan fingerprint density at radius 2 is 2.29 bits per heavy atom. The Labute approximate surface area is 108 Å². The van der Waals surface area contributed by atoms with Crippen molar-refractivity contribution in [2.45, 2.75) is 12.4 Å². The molecule has 0 aliphatic heterocycles. The Bertz CT molecular complexity index is 630. The summed E-state index contributed by atoms with van der Waals surface area (Å²) in [5.41, 5.74) is 3.05. The van der Waals surface area contributed by atoms with E-state index in [4.69, 9.17) is 11.6 Å². The maximum absolute atomic E-state index is 5.94. The second kappa shape index (κ2) is 4.47. The van der Waals surface area contributed by atoms with Gasteiger partial charge in [-0.15, -0.1) is 11.6 Å². The van der Waals surface area contributed by atoms with Crippen LogP contribution in [0.5, 0.6) is 0 Å². The molecule has 0 bridgehead atoms. The van der Waals surface area contributed by atoms with Gasteiger partial charge in [0, 0.05) is 6.20 Å². The van der Waals surface area contributed by atoms with Gasteiger partial charge in [0.15, 0.2) is 5.65 Å². The monoisotopic (exact) mass is 263 g/mol. The maximum atomic E-state index is 5.94. The van der Waals surface area contributed by atoms with Gasteiger partial charge in [0.05, 0.1) is 12.4 Å². The van der Waals surface area contributed by atoms with Crippen molar-refractivity contribution in [3.8, 4) is 0 Å². The van der Waals surface area contributed by atoms with E-state index in [0.717, 1.165) is 23.5 Å². The van der Waals surface area contributed by atoms with Crippen LogP contribution in [0.1, 0.15) is 11.4 Å². The third-order valence-corrected chi connectivity index (χ3v) is 3.59. The smallest absolute Gasteiger partial charge is 0.160 e. The molecule has 3 nitrogen and oxygen atoms in total. The van der Waals surface area contributed by atoms with Gasteiger partial charge in [-0.25, -0.2) is 9.97 Å². The lowest BCUT2D eigenvalue weighted by Crippen LogP contribution is -2.03. The largest absolute Gasteiger partial charge is 0.307 e. The number of aromatic nitrogens is 3. The van der Waals surface area contributed by atoms with E-state index >= 15 is 0 Å². The summed E-state index contributed by atoms with van der Waals surface area (Å²) < 4.78 is 2.07. The van der Waals surface area contributed by atoms with E-state index in [2.05, 4.69) is 31.4 Å². The second-order valence-corrected chi connectivity index (χ2v) is 4.77. The van der Waals surface area contributed by atoms with Gasteiger partial charge < -0.3 is 4.57 Å². The Morgan fingerprint density at radius 3 is 3.06 bits per heavy atom. The quantitative estimate of drug-likeness (QED) is 0.679. The average molecular weight is 264 g/mol. The first kappa shape index (κ1) is 10.7. The fraction of sp³-hybridized carbons (Fsp3) is 0.167. The van der Waals surface area contributed by atoms with Crippen molar-refractivity contribution in [1.29, 1.82) is 0 Å². The third kappa shape index (κ3) is 1.94. The first-order valence-electron chi connectivity index (χ1n) is 5.25. The minimum absolute atomic E-state index is 0.403. The number of hydrogen-bond acceptors (Lipinski definition) is 3. The van der Waals surface area contributed by atoms with Gasteiger partial charge in [0.25, 0.3) is 0 Å². The Morgan fingerprint density at radius 1 is 1.35 bits per heavy atom. The minimum atomic E-state index is 0.403. The average Bonchev–Trinajstić information content (AvgIpc) is 2.98. The van der Waals surface area contributed by atoms with Crippen LogP contribution in [-0.2, 0) is 12.4 Å². The number of fused-ring (bicyclic) bond motifs is 1. The number of nitrogens with zero attached hydrogens (tertiary/aromatic N) is 3. The highest BCUT2D eigenvalue weighted by molar-refractivity contribution is 7.07. The van der Waals surface area contributed by atoms with Crippen LogP contribution in [-0.4, -0.2) is 14.5 Å². The zero-order valence-corrected chi connectivity index (χ0v) is 10.6. The molecule has 0 saturated carbocycles. The Balaban J connectivity index is 2.12. The van der Waals surface area contributed by atoms with Crippen LogP contribution >= 0.6 is 22.9 Å². The van der Waals surface area contributed by atoms with Crippen LogP contribution < -0.4 is 0 Å². The SMILES string of the molecule is ClCc1nc2cccnc2n1Cc1ccsc1. The van der Waals surface area contributed by atoms with Gasteiger partial charge in [-0.3, -0.25) is 0 Å². The summed E-state index contributed by atoms with van der Waals surface area (Å²) >= 11 is 7.63. The molecule has 0 aliphatic rings. The van der Waals surface area contributed by atoms with E-state index in [1.54, 1.807) is 17.5 Å². The summed E-state index contributed by atoms with van der Waals surface area (Å²) in [5.74, 6) is 1.27. The standard InChI is InChI=1S/C12H10ClN3S/c13-6-11-15-10-2-1-4-14-12(10)16(11)7-9-3-5-17-8-9/h1-5,8H,6-7H2. The normalized spacial score (nSPS) is 11.1. The van der Waals surface area contributed by atoms with Gasteiger partial charge in [0.1, 0.15) is 11.3 Å². The second-order valence-electron chi connectivity index (χ2n) is 3.73. The molecule has 5 heteroatoms. The van der Waals surface area contributed by atoms with E-state index in [1.807, 2.05) is 12.1 Å². The number of halogens is 1. The topological polar surface area (TPSA) is 30.7 Å². The number of rotatable bonds is 3. The molecule has 0 amide bonds. The molecule has 0 fully saturated rings. The van der Waals surface area contributed by atoms with Crippen molar-refractivity contribution in [3.05, 3.63) is 46.5 Å². The van der Waals surface area contributed by atoms with E-state index in [1.165, 1.54) is 5.56 Å². The third-order valence-electron chi connectivity index (χ3n) is 2.62. The molecule has 0 spiro atoms. The molecule has 3 heterocycles. The highest BCUT2D eigenvalue weighted by Gasteiger charge is 2.10. The van der Waals surface area contributed by atoms with Crippen LogP contribution in [0.25, 0.3) is 11.2 Å². The molecule has 0 atom stereocenters. The maximum Gasteiger partial charge on any atom is 0.160 e. The van der Waals surface area contributed by atoms with Crippen molar-refractivity contribution in [1.82, 2.24) is 14.5 Å². The number of hydrogen-bond donors (Lipinski definition) is 0. The molecule has 3 aromatic heterocycles. The van der Waals surface area contributed by atoms with Gasteiger partial charge in [-0.2, -0.15) is 11.3 Å². The van der Waals surface area contributed by atoms with E-state index in [-0.39, 0.29) is 0 Å². The molecule has 3 rings (SSSR count). The predicted molar refractivity (Wildman–Crippen MR) is 70.5 cm³/mol. The van der Waals surface area contributed by atoms with Crippen LogP contribution in [0.2, 0.25) is 0 Å². The summed E-state index contributed by atoms with van der Waals surface area (Å²) in [6.07, 6.45) is 1.78. The lowest BCUT2D eigenvalue weighted by atomic mass is 10.3. The molecule has 0 saturated heterocycles. The molecular formula is C12H10ClN3S. The molecule has 0 aliphatic carbocycles. The van der Waals surface area contributed by atoms with Crippen molar-refractivity contribution in [2.75, 3.05) is 0 Å². The summed E-state index contributed by atoms with van der Waals surface area (Å²) in [6.45, 7) is 0.777. The molecular weight excluding hydrogens is 254 g/mol. The summed E-state index contributed by atoms with van der Waals surface area (Å²) in [4.78, 5) is 8.86. The Kier molecular flexibility index (Phi) is 2.82. The first-order chi connectivity index (χ1) is 8.38. The Hall–Kier alpha value is -1.39. The van der Waals surface area contributed by atoms with Crippen molar-refractivity contribution in [2.24, 2.45) is 0 Å². The van der Waals surface area contributed by atoms with Gasteiger partial charge in [-0.1, -0.05) is 0 Å². The molecule has 86 valence electrons. The summed E-state index contributed by atoms with van der Waals surface area (Å²) in [6, 6.07) is 5.96. The fourth-order valence-corrected chi connectivity index (χ4v) is 2.70. The molecule has 17 heavy (non-hydrogen) atoms. The first-order valence-corrected chi connectivity index (χ1v) is 6.73. The van der Waals surface area contributed by atoms with Crippen LogP contribution in [0.15, 0.2) is 35.2 Å². The number of alkyl halides is 1. The van der Waals surface area contributed by atoms with Crippen LogP contribution in [0.4, 0.5) is 0 Å². The van der Waals surface area contributed by atoms with E-state index in [9.17, 15) is 0 Å². The summed E-state index contributed by atoms with van der Waals surface area (Å²) in [7, 11) is 0. The molecule has 0 unspecified atom stereocenters. The van der Waals surface area contributed by atoms with Crippen LogP contribution in [0, 0.1) is 0 Å². The zero-order chi connectivity index (χ0) is 11.7. The highest BCUT2D eigenvalue weighted by Crippen LogP contribution is 2.18. The highest BCUT2D eigenvalue weighted by atomic mass is 35.5. The van der Waals surface area contributed by atoms with Crippen molar-refractivity contribution >= 4 is 34.1 Å². The van der Waals surface area contributed by atoms with Crippen molar-refractivity contribution < 1.29 is 0 Å². The molecule has 0 radical (unpaired) electrons. The molecule has 0 N–H and O–H groups in total. The lowest BCUT2D eigenvalue weighted by Gasteiger charge is -2.04. The fourth-order valence-electron chi connectivity index (χ4n) is 1.84. The number of thiophene rings is 1. The van der Waals surface area contributed by atoms with E-state index < -0.39 is 0 Å². The summed E-state index contributed by atoms with van der Waals surface area (Å²) in [5, 5.41) is 4.20. The minimum Gasteiger partial charge on any atom is -0.307 e. The molecule has 0 aromatic carbocycles. The van der Waals surface area contributed by atoms with Gasteiger partial charge in [-0.05, 0) is 34.5 Å². The number of imidazole rings is 1. The van der Waals surface area contributed by atoms with Gasteiger partial charge in [0.2, 0.25) is 0 Å². The van der Waals surface area contributed by atoms with Crippen LogP contribution in [0.3, 0.4) is 0 Å².